The van der Waals surface area contributed by atoms with E-state index in [-0.39, 0.29) is 5.56 Å². The van der Waals surface area contributed by atoms with Crippen LogP contribution in [0.2, 0.25) is 0 Å². The zero-order valence-corrected chi connectivity index (χ0v) is 12.2. The summed E-state index contributed by atoms with van der Waals surface area (Å²) in [7, 11) is 0. The van der Waals surface area contributed by atoms with Crippen LogP contribution in [-0.2, 0) is 6.54 Å². The molecule has 0 radical (unpaired) electrons. The van der Waals surface area contributed by atoms with E-state index in [1.54, 1.807) is 0 Å². The standard InChI is InChI=1S/C18H20N2O/c21-18-15-8-4-5-9-16(15)19-17-14(10-11-20(17)18)12-13-6-2-1-3-7-13/h4-5,8-9,12-13H,1-3,6-7,10-11H2/b14-12+. The third-order valence-corrected chi connectivity index (χ3v) is 4.84. The van der Waals surface area contributed by atoms with Crippen LogP contribution in [0.5, 0.6) is 0 Å². The molecule has 0 N–H and O–H groups in total. The number of fused-ring (bicyclic) bond motifs is 2. The van der Waals surface area contributed by atoms with E-state index in [4.69, 9.17) is 4.98 Å². The van der Waals surface area contributed by atoms with Gasteiger partial charge >= 0.3 is 0 Å². The Labute approximate surface area is 124 Å². The summed E-state index contributed by atoms with van der Waals surface area (Å²) in [5.41, 5.74) is 2.22. The van der Waals surface area contributed by atoms with Crippen LogP contribution in [0.4, 0.5) is 0 Å². The Morgan fingerprint density at radius 1 is 1.14 bits per heavy atom. The van der Waals surface area contributed by atoms with E-state index in [2.05, 4.69) is 6.08 Å². The van der Waals surface area contributed by atoms with Gasteiger partial charge in [0.25, 0.3) is 5.56 Å². The van der Waals surface area contributed by atoms with Gasteiger partial charge in [0.15, 0.2) is 0 Å². The van der Waals surface area contributed by atoms with E-state index in [0.29, 0.717) is 5.92 Å². The lowest BCUT2D eigenvalue weighted by Crippen LogP contribution is -2.20. The monoisotopic (exact) mass is 280 g/mol. The molecule has 2 heterocycles. The molecule has 1 aromatic carbocycles. The molecule has 0 atom stereocenters. The van der Waals surface area contributed by atoms with Gasteiger partial charge in [-0.05, 0) is 42.9 Å². The van der Waals surface area contributed by atoms with E-state index < -0.39 is 0 Å². The number of allylic oxidation sites excluding steroid dienone is 2. The van der Waals surface area contributed by atoms with E-state index in [0.717, 1.165) is 29.7 Å². The summed E-state index contributed by atoms with van der Waals surface area (Å²) in [4.78, 5) is 17.3. The van der Waals surface area contributed by atoms with Gasteiger partial charge in [-0.2, -0.15) is 0 Å². The van der Waals surface area contributed by atoms with Gasteiger partial charge in [0.2, 0.25) is 0 Å². The van der Waals surface area contributed by atoms with Crippen molar-refractivity contribution in [3.63, 3.8) is 0 Å². The number of rotatable bonds is 1. The number of aromatic nitrogens is 2. The molecule has 1 aliphatic heterocycles. The lowest BCUT2D eigenvalue weighted by molar-refractivity contribution is 0.419. The predicted molar refractivity (Wildman–Crippen MR) is 85.2 cm³/mol. The van der Waals surface area contributed by atoms with E-state index in [9.17, 15) is 4.79 Å². The largest absolute Gasteiger partial charge is 0.292 e. The summed E-state index contributed by atoms with van der Waals surface area (Å²) >= 11 is 0. The molecule has 3 heteroatoms. The van der Waals surface area contributed by atoms with Crippen molar-refractivity contribution < 1.29 is 0 Å². The summed E-state index contributed by atoms with van der Waals surface area (Å²) in [5, 5.41) is 0.736. The van der Waals surface area contributed by atoms with Crippen molar-refractivity contribution in [3.8, 4) is 0 Å². The zero-order valence-electron chi connectivity index (χ0n) is 12.2. The van der Waals surface area contributed by atoms with Crippen molar-refractivity contribution >= 4 is 16.5 Å². The SMILES string of the molecule is O=c1c2ccccc2nc2n1CC/C2=C\C1CCCCC1. The molecule has 1 aromatic heterocycles. The fraction of sp³-hybridized carbons (Fsp3) is 0.444. The number of hydrogen-bond acceptors (Lipinski definition) is 2. The van der Waals surface area contributed by atoms with Crippen molar-refractivity contribution in [2.45, 2.75) is 45.1 Å². The minimum Gasteiger partial charge on any atom is -0.292 e. The van der Waals surface area contributed by atoms with Crippen LogP contribution in [0.15, 0.2) is 35.1 Å². The molecule has 0 bridgehead atoms. The maximum Gasteiger partial charge on any atom is 0.261 e. The van der Waals surface area contributed by atoms with Gasteiger partial charge in [0, 0.05) is 6.54 Å². The van der Waals surface area contributed by atoms with Gasteiger partial charge in [-0.25, -0.2) is 4.98 Å². The molecule has 0 amide bonds. The van der Waals surface area contributed by atoms with Crippen molar-refractivity contribution in [2.24, 2.45) is 5.92 Å². The lowest BCUT2D eigenvalue weighted by atomic mass is 9.87. The van der Waals surface area contributed by atoms with E-state index in [1.807, 2.05) is 28.8 Å². The Morgan fingerprint density at radius 2 is 1.95 bits per heavy atom. The first-order valence-corrected chi connectivity index (χ1v) is 8.03. The summed E-state index contributed by atoms with van der Waals surface area (Å²) in [5.74, 6) is 1.59. The van der Waals surface area contributed by atoms with Crippen LogP contribution in [0.1, 0.15) is 44.3 Å². The Hall–Kier alpha value is -1.90. The highest BCUT2D eigenvalue weighted by molar-refractivity contribution is 5.79. The molecule has 108 valence electrons. The summed E-state index contributed by atoms with van der Waals surface area (Å²) in [6, 6.07) is 7.67. The van der Waals surface area contributed by atoms with Gasteiger partial charge in [0.1, 0.15) is 5.82 Å². The number of hydrogen-bond donors (Lipinski definition) is 0. The van der Waals surface area contributed by atoms with E-state index >= 15 is 0 Å². The van der Waals surface area contributed by atoms with Gasteiger partial charge in [-0.3, -0.25) is 9.36 Å². The Balaban J connectivity index is 1.80. The van der Waals surface area contributed by atoms with Crippen LogP contribution >= 0.6 is 0 Å². The molecule has 3 nitrogen and oxygen atoms in total. The number of benzene rings is 1. The second kappa shape index (κ2) is 5.14. The average Bonchev–Trinajstić information content (AvgIpc) is 2.92. The van der Waals surface area contributed by atoms with Crippen LogP contribution in [-0.4, -0.2) is 9.55 Å². The lowest BCUT2D eigenvalue weighted by Gasteiger charge is -2.18. The number of nitrogens with zero attached hydrogens (tertiary/aromatic N) is 2. The molecule has 1 saturated carbocycles. The highest BCUT2D eigenvalue weighted by atomic mass is 16.1. The van der Waals surface area contributed by atoms with Crippen LogP contribution < -0.4 is 5.56 Å². The molecule has 0 spiro atoms. The molecule has 21 heavy (non-hydrogen) atoms. The molecule has 1 aliphatic carbocycles. The Bertz CT molecular complexity index is 766. The fourth-order valence-corrected chi connectivity index (χ4v) is 3.71. The maximum atomic E-state index is 12.6. The van der Waals surface area contributed by atoms with Crippen molar-refractivity contribution in [3.05, 3.63) is 46.5 Å². The molecule has 0 saturated heterocycles. The molecule has 2 aliphatic rings. The highest BCUT2D eigenvalue weighted by Gasteiger charge is 2.22. The van der Waals surface area contributed by atoms with Crippen LogP contribution in [0.3, 0.4) is 0 Å². The summed E-state index contributed by atoms with van der Waals surface area (Å²) in [6.45, 7) is 0.782. The second-order valence-electron chi connectivity index (χ2n) is 6.25. The summed E-state index contributed by atoms with van der Waals surface area (Å²) < 4.78 is 1.86. The second-order valence-corrected chi connectivity index (χ2v) is 6.25. The quantitative estimate of drug-likeness (QED) is 0.797. The molecule has 2 aromatic rings. The normalized spacial score (nSPS) is 21.0. The first kappa shape index (κ1) is 12.8. The first-order chi connectivity index (χ1) is 10.3. The minimum atomic E-state index is 0.114. The number of para-hydroxylation sites is 1. The average molecular weight is 280 g/mol. The first-order valence-electron chi connectivity index (χ1n) is 8.03. The molecular formula is C18H20N2O. The van der Waals surface area contributed by atoms with Crippen LogP contribution in [0, 0.1) is 5.92 Å². The van der Waals surface area contributed by atoms with E-state index in [1.165, 1.54) is 37.7 Å². The Morgan fingerprint density at radius 3 is 2.81 bits per heavy atom. The van der Waals surface area contributed by atoms with Gasteiger partial charge < -0.3 is 0 Å². The zero-order chi connectivity index (χ0) is 14.2. The van der Waals surface area contributed by atoms with Crippen molar-refractivity contribution in [2.75, 3.05) is 0 Å². The highest BCUT2D eigenvalue weighted by Crippen LogP contribution is 2.31. The van der Waals surface area contributed by atoms with Gasteiger partial charge in [-0.15, -0.1) is 0 Å². The molecular weight excluding hydrogens is 260 g/mol. The van der Waals surface area contributed by atoms with Gasteiger partial charge in [-0.1, -0.05) is 37.5 Å². The molecule has 4 rings (SSSR count). The minimum absolute atomic E-state index is 0.114. The van der Waals surface area contributed by atoms with Gasteiger partial charge in [0.05, 0.1) is 10.9 Å². The topological polar surface area (TPSA) is 34.9 Å². The third-order valence-electron chi connectivity index (χ3n) is 4.84. The van der Waals surface area contributed by atoms with Crippen LogP contribution in [0.25, 0.3) is 16.5 Å². The third kappa shape index (κ3) is 2.21. The van der Waals surface area contributed by atoms with Crippen molar-refractivity contribution in [1.29, 1.82) is 0 Å². The summed E-state index contributed by atoms with van der Waals surface area (Å²) in [6.07, 6.45) is 9.99. The molecule has 0 unspecified atom stereocenters. The predicted octanol–water partition coefficient (Wildman–Crippen LogP) is 3.76. The maximum absolute atomic E-state index is 12.6. The Kier molecular flexibility index (Phi) is 3.13. The molecule has 1 fully saturated rings. The smallest absolute Gasteiger partial charge is 0.261 e. The fourth-order valence-electron chi connectivity index (χ4n) is 3.71. The van der Waals surface area contributed by atoms with Crippen molar-refractivity contribution in [1.82, 2.24) is 9.55 Å².